The average molecular weight is 532 g/mol. The number of nitrogens with one attached hydrogen (secondary N) is 1. The Morgan fingerprint density at radius 1 is 1.40 bits per heavy atom. The number of nitrogen functional groups attached to an aromatic ring is 1. The minimum Gasteiger partial charge on any atom is -0.478 e. The van der Waals surface area contributed by atoms with Crippen LogP contribution in [-0.2, 0) is 42.6 Å². The van der Waals surface area contributed by atoms with Crippen LogP contribution in [0.2, 0.25) is 0 Å². The van der Waals surface area contributed by atoms with E-state index in [0.717, 1.165) is 16.1 Å². The van der Waals surface area contributed by atoms with Crippen LogP contribution in [0.5, 0.6) is 0 Å². The van der Waals surface area contributed by atoms with Crippen molar-refractivity contribution in [2.75, 3.05) is 5.73 Å². The molecule has 1 saturated heterocycles. The van der Waals surface area contributed by atoms with E-state index in [0.29, 0.717) is 5.69 Å². The highest BCUT2D eigenvalue weighted by Crippen LogP contribution is 2.25. The highest BCUT2D eigenvalue weighted by molar-refractivity contribution is 7.84. The number of amides is 2. The Morgan fingerprint density at radius 2 is 2.09 bits per heavy atom. The van der Waals surface area contributed by atoms with Crippen molar-refractivity contribution in [2.24, 2.45) is 10.9 Å². The zero-order valence-electron chi connectivity index (χ0n) is 18.2. The van der Waals surface area contributed by atoms with Crippen molar-refractivity contribution in [3.63, 3.8) is 0 Å². The standard InChI is InChI=1S/C16H21N9O8S2/c1-16(2,14(28)29)33-23-10(8-6-34-15(18)20-8)12(26)21-11-9(25(13(11)27)35(30,31)32)5-24-19-4-7(3-17)22-24/h4,6,9,11H,3,5,17H2,1-2H3,(H2,18,20)(H,21,26)(H,28,29)(H,30,31,32)/b23-10-/t9-,11+/m1/s1. The number of carboxylic acid groups (broad SMARTS) is 1. The maximum atomic E-state index is 13.0. The minimum absolute atomic E-state index is 0.0507. The molecule has 7 N–H and O–H groups in total. The summed E-state index contributed by atoms with van der Waals surface area (Å²) in [5.74, 6) is -3.56. The zero-order valence-corrected chi connectivity index (χ0v) is 19.9. The van der Waals surface area contributed by atoms with Crippen molar-refractivity contribution < 1.29 is 37.3 Å². The lowest BCUT2D eigenvalue weighted by molar-refractivity contribution is -0.161. The molecule has 2 amide bonds. The molecule has 1 aliphatic rings. The van der Waals surface area contributed by atoms with E-state index < -0.39 is 51.5 Å². The molecule has 3 heterocycles. The Labute approximate surface area is 201 Å². The van der Waals surface area contributed by atoms with Gasteiger partial charge in [-0.25, -0.2) is 14.1 Å². The smallest absolute Gasteiger partial charge is 0.362 e. The number of thiazole rings is 1. The molecule has 190 valence electrons. The van der Waals surface area contributed by atoms with E-state index in [1.807, 2.05) is 0 Å². The summed E-state index contributed by atoms with van der Waals surface area (Å²) in [4.78, 5) is 46.8. The maximum Gasteiger partial charge on any atom is 0.362 e. The highest BCUT2D eigenvalue weighted by Gasteiger charge is 2.54. The third kappa shape index (κ3) is 5.53. The van der Waals surface area contributed by atoms with E-state index in [1.165, 1.54) is 25.4 Å². The third-order valence-electron chi connectivity index (χ3n) is 4.71. The van der Waals surface area contributed by atoms with Gasteiger partial charge in [-0.3, -0.25) is 14.1 Å². The van der Waals surface area contributed by atoms with Crippen molar-refractivity contribution in [3.05, 3.63) is 23.0 Å². The second-order valence-corrected chi connectivity index (χ2v) is 9.82. The Hall–Kier alpha value is -3.68. The van der Waals surface area contributed by atoms with Crippen LogP contribution in [0.25, 0.3) is 0 Å². The zero-order chi connectivity index (χ0) is 26.1. The van der Waals surface area contributed by atoms with Crippen molar-refractivity contribution in [3.8, 4) is 0 Å². The van der Waals surface area contributed by atoms with E-state index in [-0.39, 0.29) is 28.2 Å². The van der Waals surface area contributed by atoms with Gasteiger partial charge in [0.2, 0.25) is 5.60 Å². The largest absolute Gasteiger partial charge is 0.478 e. The predicted molar refractivity (Wildman–Crippen MR) is 118 cm³/mol. The second kappa shape index (κ2) is 9.52. The molecular weight excluding hydrogens is 510 g/mol. The summed E-state index contributed by atoms with van der Waals surface area (Å²) in [5.41, 5.74) is 9.02. The minimum atomic E-state index is -4.97. The molecule has 0 saturated carbocycles. The van der Waals surface area contributed by atoms with Crippen LogP contribution in [0.15, 0.2) is 16.7 Å². The van der Waals surface area contributed by atoms with E-state index >= 15 is 0 Å². The number of β-lactam (4-membered cyclic amide) rings is 1. The van der Waals surface area contributed by atoms with Crippen LogP contribution in [0.4, 0.5) is 5.13 Å². The number of nitrogens with zero attached hydrogens (tertiary/aromatic N) is 6. The van der Waals surface area contributed by atoms with Crippen molar-refractivity contribution in [2.45, 2.75) is 44.6 Å². The number of oxime groups is 1. The number of carboxylic acids is 1. The molecule has 1 fully saturated rings. The number of aromatic nitrogens is 4. The molecule has 0 aromatic carbocycles. The molecule has 2 aromatic heterocycles. The van der Waals surface area contributed by atoms with Gasteiger partial charge in [-0.2, -0.15) is 23.4 Å². The van der Waals surface area contributed by atoms with Gasteiger partial charge in [0.1, 0.15) is 17.8 Å². The average Bonchev–Trinajstić information content (AvgIpc) is 3.39. The first-order chi connectivity index (χ1) is 16.2. The van der Waals surface area contributed by atoms with E-state index in [4.69, 9.17) is 16.3 Å². The number of carbonyl (C=O) groups excluding carboxylic acids is 2. The van der Waals surface area contributed by atoms with Crippen LogP contribution in [0.3, 0.4) is 0 Å². The Kier molecular flexibility index (Phi) is 7.06. The normalized spacial score (nSPS) is 18.8. The summed E-state index contributed by atoms with van der Waals surface area (Å²) in [6.45, 7) is 2.10. The summed E-state index contributed by atoms with van der Waals surface area (Å²) in [6.07, 6.45) is 1.32. The van der Waals surface area contributed by atoms with Gasteiger partial charge in [0.25, 0.3) is 11.8 Å². The van der Waals surface area contributed by atoms with Gasteiger partial charge in [-0.05, 0) is 13.8 Å². The lowest BCUT2D eigenvalue weighted by atomic mass is 9.98. The summed E-state index contributed by atoms with van der Waals surface area (Å²) >= 11 is 0.956. The summed E-state index contributed by atoms with van der Waals surface area (Å²) in [5, 5.41) is 24.4. The Bertz CT molecular complexity index is 1290. The molecule has 0 spiro atoms. The molecule has 3 rings (SSSR count). The first-order valence-corrected chi connectivity index (χ1v) is 11.9. The molecular formula is C16H21N9O8S2. The third-order valence-corrected chi connectivity index (χ3v) is 6.33. The van der Waals surface area contributed by atoms with Gasteiger partial charge >= 0.3 is 16.3 Å². The fourth-order valence-electron chi connectivity index (χ4n) is 2.83. The summed E-state index contributed by atoms with van der Waals surface area (Å²) in [7, 11) is -4.97. The van der Waals surface area contributed by atoms with Crippen LogP contribution in [0.1, 0.15) is 25.2 Å². The number of anilines is 1. The monoisotopic (exact) mass is 531 g/mol. The van der Waals surface area contributed by atoms with E-state index in [2.05, 4.69) is 25.7 Å². The second-order valence-electron chi connectivity index (χ2n) is 7.64. The molecule has 19 heteroatoms. The number of nitrogens with two attached hydrogens (primary N) is 2. The van der Waals surface area contributed by atoms with Gasteiger partial charge in [0, 0.05) is 11.9 Å². The molecule has 0 unspecified atom stereocenters. The van der Waals surface area contributed by atoms with Gasteiger partial charge in [-0.15, -0.1) is 11.3 Å². The number of hydrogen-bond acceptors (Lipinski definition) is 13. The number of rotatable bonds is 10. The fourth-order valence-corrected chi connectivity index (χ4v) is 4.25. The molecule has 1 aliphatic heterocycles. The lowest BCUT2D eigenvalue weighted by Gasteiger charge is -2.43. The molecule has 2 aromatic rings. The number of carbonyl (C=O) groups is 3. The summed E-state index contributed by atoms with van der Waals surface area (Å²) in [6, 6.07) is -2.76. The molecule has 0 bridgehead atoms. The van der Waals surface area contributed by atoms with Crippen LogP contribution >= 0.6 is 11.3 Å². The van der Waals surface area contributed by atoms with Crippen LogP contribution in [-0.4, -0.2) is 83.5 Å². The van der Waals surface area contributed by atoms with Crippen LogP contribution in [0, 0.1) is 0 Å². The molecule has 2 atom stereocenters. The highest BCUT2D eigenvalue weighted by atomic mass is 32.2. The van der Waals surface area contributed by atoms with Crippen molar-refractivity contribution in [1.29, 1.82) is 0 Å². The molecule has 0 aliphatic carbocycles. The molecule has 35 heavy (non-hydrogen) atoms. The number of aliphatic carboxylic acids is 1. The predicted octanol–water partition coefficient (Wildman–Crippen LogP) is -2.44. The maximum absolute atomic E-state index is 13.0. The number of hydrogen-bond donors (Lipinski definition) is 5. The molecule has 17 nitrogen and oxygen atoms in total. The van der Waals surface area contributed by atoms with Gasteiger partial charge in [-0.1, -0.05) is 5.16 Å². The summed E-state index contributed by atoms with van der Waals surface area (Å²) < 4.78 is 33.0. The SMILES string of the molecule is CC(C)(O/N=C(\C(=O)N[C@@H]1C(=O)N(S(=O)(=O)O)[C@@H]1Cn1ncc(CN)n1)c1csc(N)n1)C(=O)O. The quantitative estimate of drug-likeness (QED) is 0.0924. The molecule has 0 radical (unpaired) electrons. The van der Waals surface area contributed by atoms with Gasteiger partial charge in [0.05, 0.1) is 18.4 Å². The first-order valence-electron chi connectivity index (χ1n) is 9.66. The van der Waals surface area contributed by atoms with E-state index in [9.17, 15) is 32.5 Å². The van der Waals surface area contributed by atoms with E-state index in [1.54, 1.807) is 0 Å². The van der Waals surface area contributed by atoms with Crippen molar-refractivity contribution >= 4 is 50.3 Å². The Balaban J connectivity index is 1.89. The van der Waals surface area contributed by atoms with Crippen molar-refractivity contribution in [1.82, 2.24) is 29.6 Å². The van der Waals surface area contributed by atoms with Crippen LogP contribution < -0.4 is 16.8 Å². The lowest BCUT2D eigenvalue weighted by Crippen LogP contribution is -2.73. The fraction of sp³-hybridized carbons (Fsp3) is 0.438. The topological polar surface area (TPSA) is 258 Å². The van der Waals surface area contributed by atoms with Gasteiger partial charge < -0.3 is 26.7 Å². The first kappa shape index (κ1) is 25.9. The van der Waals surface area contributed by atoms with Gasteiger partial charge in [0.15, 0.2) is 10.8 Å². The Morgan fingerprint density at radius 3 is 2.60 bits per heavy atom.